The lowest BCUT2D eigenvalue weighted by atomic mass is 9.80. The van der Waals surface area contributed by atoms with Gasteiger partial charge >= 0.3 is 0 Å². The molecule has 0 amide bonds. The highest BCUT2D eigenvalue weighted by Gasteiger charge is 2.36. The van der Waals surface area contributed by atoms with Crippen molar-refractivity contribution in [3.63, 3.8) is 0 Å². The first kappa shape index (κ1) is 13.7. The molecular formula is C20H21NO. The average molecular weight is 291 g/mol. The Kier molecular flexibility index (Phi) is 3.55. The first-order valence-corrected chi connectivity index (χ1v) is 8.20. The van der Waals surface area contributed by atoms with Crippen molar-refractivity contribution in [1.82, 2.24) is 4.90 Å². The largest absolute Gasteiger partial charge is 0.299 e. The van der Waals surface area contributed by atoms with Gasteiger partial charge in [0.25, 0.3) is 0 Å². The zero-order chi connectivity index (χ0) is 14.9. The number of carbonyl (C=O) groups excluding carboxylic acids is 1. The summed E-state index contributed by atoms with van der Waals surface area (Å²) < 4.78 is 0. The van der Waals surface area contributed by atoms with Gasteiger partial charge in [0.1, 0.15) is 5.78 Å². The van der Waals surface area contributed by atoms with Crippen LogP contribution in [-0.2, 0) is 17.9 Å². The van der Waals surface area contributed by atoms with Crippen molar-refractivity contribution in [2.45, 2.75) is 44.3 Å². The first-order chi connectivity index (χ1) is 10.8. The SMILES string of the molecule is O=C1CC[C@@H]2C[C@H]1c1ccccc1CN2Cc1ccccc1. The number of nitrogens with zero attached hydrogens (tertiary/aromatic N) is 1. The third-order valence-corrected chi connectivity index (χ3v) is 5.17. The molecule has 22 heavy (non-hydrogen) atoms. The number of ketones is 1. The van der Waals surface area contributed by atoms with E-state index < -0.39 is 0 Å². The molecule has 1 aliphatic carbocycles. The molecule has 4 rings (SSSR count). The number of Topliss-reactive ketones (excluding diaryl/α,β-unsaturated/α-hetero) is 1. The lowest BCUT2D eigenvalue weighted by Crippen LogP contribution is -2.37. The maximum Gasteiger partial charge on any atom is 0.140 e. The molecule has 0 saturated heterocycles. The first-order valence-electron chi connectivity index (χ1n) is 8.20. The summed E-state index contributed by atoms with van der Waals surface area (Å²) in [4.78, 5) is 14.9. The average Bonchev–Trinajstić information content (AvgIpc) is 2.68. The van der Waals surface area contributed by atoms with Gasteiger partial charge in [-0.25, -0.2) is 0 Å². The minimum atomic E-state index is 0.121. The summed E-state index contributed by atoms with van der Waals surface area (Å²) in [5, 5.41) is 0. The van der Waals surface area contributed by atoms with Gasteiger partial charge in [-0.15, -0.1) is 0 Å². The van der Waals surface area contributed by atoms with Crippen molar-refractivity contribution < 1.29 is 4.79 Å². The Balaban J connectivity index is 1.68. The Hall–Kier alpha value is -1.93. The Bertz CT molecular complexity index is 679. The van der Waals surface area contributed by atoms with Crippen LogP contribution in [0.2, 0.25) is 0 Å². The second kappa shape index (κ2) is 5.69. The zero-order valence-corrected chi connectivity index (χ0v) is 12.7. The van der Waals surface area contributed by atoms with Crippen molar-refractivity contribution in [1.29, 1.82) is 0 Å². The fourth-order valence-corrected chi connectivity index (χ4v) is 4.01. The minimum Gasteiger partial charge on any atom is -0.299 e. The quantitative estimate of drug-likeness (QED) is 0.836. The zero-order valence-electron chi connectivity index (χ0n) is 12.7. The van der Waals surface area contributed by atoms with Crippen LogP contribution in [0.4, 0.5) is 0 Å². The van der Waals surface area contributed by atoms with Crippen molar-refractivity contribution in [3.8, 4) is 0 Å². The van der Waals surface area contributed by atoms with Crippen molar-refractivity contribution in [2.75, 3.05) is 0 Å². The van der Waals surface area contributed by atoms with Crippen LogP contribution >= 0.6 is 0 Å². The van der Waals surface area contributed by atoms with E-state index in [1.165, 1.54) is 16.7 Å². The predicted octanol–water partition coefficient (Wildman–Crippen LogP) is 3.91. The van der Waals surface area contributed by atoms with Crippen LogP contribution in [0.15, 0.2) is 54.6 Å². The Morgan fingerprint density at radius 3 is 2.64 bits per heavy atom. The smallest absolute Gasteiger partial charge is 0.140 e. The number of benzene rings is 2. The van der Waals surface area contributed by atoms with E-state index in [4.69, 9.17) is 0 Å². The van der Waals surface area contributed by atoms with E-state index in [-0.39, 0.29) is 5.92 Å². The van der Waals surface area contributed by atoms with Crippen LogP contribution in [0, 0.1) is 0 Å². The Morgan fingerprint density at radius 1 is 1.00 bits per heavy atom. The highest BCUT2D eigenvalue weighted by atomic mass is 16.1. The van der Waals surface area contributed by atoms with Gasteiger partial charge in [-0.1, -0.05) is 54.6 Å². The van der Waals surface area contributed by atoms with Gasteiger partial charge in [-0.05, 0) is 29.5 Å². The number of fused-ring (bicyclic) bond motifs is 4. The van der Waals surface area contributed by atoms with Crippen LogP contribution in [0.1, 0.15) is 41.9 Å². The molecule has 1 aliphatic heterocycles. The van der Waals surface area contributed by atoms with E-state index in [2.05, 4.69) is 59.5 Å². The van der Waals surface area contributed by atoms with E-state index >= 15 is 0 Å². The van der Waals surface area contributed by atoms with E-state index in [1.54, 1.807) is 0 Å². The van der Waals surface area contributed by atoms with Gasteiger partial charge in [-0.2, -0.15) is 0 Å². The molecule has 0 unspecified atom stereocenters. The van der Waals surface area contributed by atoms with Gasteiger partial charge in [0.05, 0.1) is 0 Å². The normalized spacial score (nSPS) is 24.6. The van der Waals surface area contributed by atoms with Crippen LogP contribution in [-0.4, -0.2) is 16.7 Å². The summed E-state index contributed by atoms with van der Waals surface area (Å²) >= 11 is 0. The lowest BCUT2D eigenvalue weighted by molar-refractivity contribution is -0.122. The highest BCUT2D eigenvalue weighted by Crippen LogP contribution is 2.38. The van der Waals surface area contributed by atoms with Gasteiger partial charge in [0, 0.05) is 31.5 Å². The molecular weight excluding hydrogens is 270 g/mol. The summed E-state index contributed by atoms with van der Waals surface area (Å²) in [6.07, 6.45) is 2.73. The van der Waals surface area contributed by atoms with Gasteiger partial charge in [0.15, 0.2) is 0 Å². The van der Waals surface area contributed by atoms with Crippen molar-refractivity contribution in [2.24, 2.45) is 0 Å². The van der Waals surface area contributed by atoms with Gasteiger partial charge < -0.3 is 0 Å². The summed E-state index contributed by atoms with van der Waals surface area (Å²) in [5.41, 5.74) is 3.96. The van der Waals surface area contributed by atoms with Crippen LogP contribution in [0.25, 0.3) is 0 Å². The summed E-state index contributed by atoms with van der Waals surface area (Å²) in [6, 6.07) is 19.7. The second-order valence-electron chi connectivity index (χ2n) is 6.54. The topological polar surface area (TPSA) is 20.3 Å². The number of carbonyl (C=O) groups is 1. The van der Waals surface area contributed by atoms with Crippen LogP contribution in [0.3, 0.4) is 0 Å². The molecule has 112 valence electrons. The van der Waals surface area contributed by atoms with Crippen LogP contribution in [0.5, 0.6) is 0 Å². The third-order valence-electron chi connectivity index (χ3n) is 5.17. The number of hydrogen-bond donors (Lipinski definition) is 0. The van der Waals surface area contributed by atoms with Crippen LogP contribution < -0.4 is 0 Å². The molecule has 0 aromatic heterocycles. The van der Waals surface area contributed by atoms with Crippen molar-refractivity contribution >= 4 is 5.78 Å². The lowest BCUT2D eigenvalue weighted by Gasteiger charge is -2.33. The Morgan fingerprint density at radius 2 is 1.77 bits per heavy atom. The molecule has 2 aromatic rings. The van der Waals surface area contributed by atoms with E-state index in [0.717, 1.165) is 32.4 Å². The molecule has 1 heterocycles. The molecule has 0 spiro atoms. The summed E-state index contributed by atoms with van der Waals surface area (Å²) in [5.74, 6) is 0.556. The molecule has 1 fully saturated rings. The highest BCUT2D eigenvalue weighted by molar-refractivity contribution is 5.87. The Labute approximate surface area is 131 Å². The van der Waals surface area contributed by atoms with Crippen molar-refractivity contribution in [3.05, 3.63) is 71.3 Å². The fourth-order valence-electron chi connectivity index (χ4n) is 4.01. The van der Waals surface area contributed by atoms with E-state index in [0.29, 0.717) is 11.8 Å². The molecule has 2 nitrogen and oxygen atoms in total. The fraction of sp³-hybridized carbons (Fsp3) is 0.350. The summed E-state index contributed by atoms with van der Waals surface area (Å²) in [7, 11) is 0. The molecule has 2 aliphatic rings. The number of rotatable bonds is 2. The molecule has 0 radical (unpaired) electrons. The van der Waals surface area contributed by atoms with Gasteiger partial charge in [-0.3, -0.25) is 9.69 Å². The molecule has 1 saturated carbocycles. The number of hydrogen-bond acceptors (Lipinski definition) is 2. The molecule has 0 N–H and O–H groups in total. The maximum absolute atomic E-state index is 12.4. The second-order valence-corrected chi connectivity index (χ2v) is 6.54. The molecule has 2 heteroatoms. The molecule has 2 atom stereocenters. The maximum atomic E-state index is 12.4. The molecule has 2 aromatic carbocycles. The monoisotopic (exact) mass is 291 g/mol. The predicted molar refractivity (Wildman–Crippen MR) is 87.5 cm³/mol. The summed E-state index contributed by atoms with van der Waals surface area (Å²) in [6.45, 7) is 1.93. The minimum absolute atomic E-state index is 0.121. The van der Waals surface area contributed by atoms with Gasteiger partial charge in [0.2, 0.25) is 0 Å². The standard InChI is InChI=1S/C20H21NO/c22-20-11-10-17-12-19(20)18-9-5-4-8-16(18)14-21(17)13-15-6-2-1-3-7-15/h1-9,17,19H,10-14H2/t17-,19+/m1/s1. The van der Waals surface area contributed by atoms with E-state index in [9.17, 15) is 4.79 Å². The van der Waals surface area contributed by atoms with E-state index in [1.807, 2.05) is 0 Å². The molecule has 2 bridgehead atoms. The third kappa shape index (κ3) is 2.48.